The van der Waals surface area contributed by atoms with Crippen LogP contribution in [0.5, 0.6) is 17.2 Å². The van der Waals surface area contributed by atoms with Crippen LogP contribution in [0, 0.1) is 10.1 Å². The lowest BCUT2D eigenvalue weighted by Gasteiger charge is -2.11. The van der Waals surface area contributed by atoms with Gasteiger partial charge in [-0.1, -0.05) is 29.8 Å². The normalized spacial score (nSPS) is 12.4. The SMILES string of the molecule is O=c1[nH]c2ccccc2c(=O)n1N=Cc1cc(Cl)cc([N+](=O)[O-])c1OCc1ccc2c(c1)OCO2. The van der Waals surface area contributed by atoms with Crippen molar-refractivity contribution in [2.45, 2.75) is 6.61 Å². The molecule has 176 valence electrons. The number of benzene rings is 3. The van der Waals surface area contributed by atoms with Crippen LogP contribution in [0.3, 0.4) is 0 Å². The van der Waals surface area contributed by atoms with Gasteiger partial charge in [-0.15, -0.1) is 4.68 Å². The van der Waals surface area contributed by atoms with Gasteiger partial charge in [-0.2, -0.15) is 5.10 Å². The number of hydrogen-bond donors (Lipinski definition) is 1. The number of aromatic amines is 1. The molecule has 0 atom stereocenters. The maximum absolute atomic E-state index is 12.7. The highest BCUT2D eigenvalue weighted by molar-refractivity contribution is 6.31. The van der Waals surface area contributed by atoms with Crippen molar-refractivity contribution >= 4 is 34.4 Å². The number of fused-ring (bicyclic) bond motifs is 2. The molecule has 11 nitrogen and oxygen atoms in total. The van der Waals surface area contributed by atoms with Crippen LogP contribution < -0.4 is 25.5 Å². The summed E-state index contributed by atoms with van der Waals surface area (Å²) in [5, 5.41) is 16.0. The number of H-pyrrole nitrogens is 1. The van der Waals surface area contributed by atoms with Gasteiger partial charge in [0.15, 0.2) is 11.5 Å². The summed E-state index contributed by atoms with van der Waals surface area (Å²) >= 11 is 6.08. The van der Waals surface area contributed by atoms with E-state index < -0.39 is 21.9 Å². The van der Waals surface area contributed by atoms with Crippen LogP contribution in [-0.2, 0) is 6.61 Å². The first-order valence-corrected chi connectivity index (χ1v) is 10.6. The minimum Gasteiger partial charge on any atom is -0.481 e. The highest BCUT2D eigenvalue weighted by Crippen LogP contribution is 2.36. The Morgan fingerprint density at radius 3 is 2.77 bits per heavy atom. The molecule has 2 heterocycles. The zero-order valence-corrected chi connectivity index (χ0v) is 18.5. The Morgan fingerprint density at radius 2 is 1.94 bits per heavy atom. The van der Waals surface area contributed by atoms with Crippen LogP contribution in [0.1, 0.15) is 11.1 Å². The van der Waals surface area contributed by atoms with Crippen LogP contribution in [-0.4, -0.2) is 27.6 Å². The maximum atomic E-state index is 12.7. The fraction of sp³-hybridized carbons (Fsp3) is 0.0870. The summed E-state index contributed by atoms with van der Waals surface area (Å²) in [4.78, 5) is 38.8. The predicted molar refractivity (Wildman–Crippen MR) is 127 cm³/mol. The fourth-order valence-electron chi connectivity index (χ4n) is 3.55. The van der Waals surface area contributed by atoms with E-state index in [-0.39, 0.29) is 35.1 Å². The summed E-state index contributed by atoms with van der Waals surface area (Å²) in [6.45, 7) is 0.0621. The predicted octanol–water partition coefficient (Wildman–Crippen LogP) is 3.44. The standard InChI is InChI=1S/C23H15ClN4O7/c24-15-8-14(10-25-27-22(29)16-3-1-2-4-17(16)26-23(27)30)21(18(9-15)28(31)32)33-11-13-5-6-19-20(7-13)35-12-34-19/h1-10H,11-12H2,(H,26,30). The average molecular weight is 495 g/mol. The second-order valence-electron chi connectivity index (χ2n) is 7.41. The number of para-hydroxylation sites is 1. The van der Waals surface area contributed by atoms with Crippen LogP contribution >= 0.6 is 11.6 Å². The summed E-state index contributed by atoms with van der Waals surface area (Å²) in [5.41, 5.74) is -0.697. The fourth-order valence-corrected chi connectivity index (χ4v) is 3.77. The largest absolute Gasteiger partial charge is 0.481 e. The summed E-state index contributed by atoms with van der Waals surface area (Å²) in [6.07, 6.45) is 1.11. The number of rotatable bonds is 6. The van der Waals surface area contributed by atoms with Crippen molar-refractivity contribution in [2.75, 3.05) is 6.79 Å². The monoisotopic (exact) mass is 494 g/mol. The zero-order valence-electron chi connectivity index (χ0n) is 17.8. The molecule has 0 aliphatic carbocycles. The Labute approximate surface area is 200 Å². The second-order valence-corrected chi connectivity index (χ2v) is 7.85. The molecule has 35 heavy (non-hydrogen) atoms. The van der Waals surface area contributed by atoms with Crippen LogP contribution in [0.2, 0.25) is 5.02 Å². The molecular formula is C23H15ClN4O7. The summed E-state index contributed by atoms with van der Waals surface area (Å²) in [5.74, 6) is 0.990. The first-order valence-electron chi connectivity index (χ1n) is 10.2. The lowest BCUT2D eigenvalue weighted by molar-refractivity contribution is -0.385. The number of nitro groups is 1. The van der Waals surface area contributed by atoms with E-state index in [0.29, 0.717) is 27.3 Å². The van der Waals surface area contributed by atoms with Crippen LogP contribution in [0.25, 0.3) is 10.9 Å². The highest BCUT2D eigenvalue weighted by Gasteiger charge is 2.22. The summed E-state index contributed by atoms with van der Waals surface area (Å²) in [6, 6.07) is 14.1. The zero-order chi connectivity index (χ0) is 24.5. The molecule has 4 aromatic rings. The van der Waals surface area contributed by atoms with Gasteiger partial charge in [0.1, 0.15) is 6.61 Å². The van der Waals surface area contributed by atoms with E-state index in [9.17, 15) is 19.7 Å². The minimum absolute atomic E-state index is 0.0452. The van der Waals surface area contributed by atoms with Gasteiger partial charge in [0.25, 0.3) is 5.56 Å². The number of ether oxygens (including phenoxy) is 3. The van der Waals surface area contributed by atoms with E-state index in [1.807, 2.05) is 0 Å². The third-order valence-electron chi connectivity index (χ3n) is 5.18. The molecule has 12 heteroatoms. The van der Waals surface area contributed by atoms with Gasteiger partial charge in [0, 0.05) is 16.7 Å². The first-order chi connectivity index (χ1) is 16.9. The Morgan fingerprint density at radius 1 is 1.14 bits per heavy atom. The molecule has 0 fully saturated rings. The van der Waals surface area contributed by atoms with Crippen molar-refractivity contribution < 1.29 is 19.1 Å². The highest BCUT2D eigenvalue weighted by atomic mass is 35.5. The molecule has 1 N–H and O–H groups in total. The first kappa shape index (κ1) is 22.2. The number of hydrogen-bond acceptors (Lipinski definition) is 8. The molecule has 0 saturated carbocycles. The number of nitro benzene ring substituents is 1. The second kappa shape index (κ2) is 8.95. The van der Waals surface area contributed by atoms with Crippen molar-refractivity contribution in [2.24, 2.45) is 5.10 Å². The van der Waals surface area contributed by atoms with Gasteiger partial charge in [0.2, 0.25) is 12.5 Å². The van der Waals surface area contributed by atoms with Gasteiger partial charge in [-0.3, -0.25) is 14.9 Å². The maximum Gasteiger partial charge on any atom is 0.349 e. The third-order valence-corrected chi connectivity index (χ3v) is 5.39. The smallest absolute Gasteiger partial charge is 0.349 e. The van der Waals surface area contributed by atoms with Gasteiger partial charge < -0.3 is 19.2 Å². The van der Waals surface area contributed by atoms with Crippen molar-refractivity contribution in [1.29, 1.82) is 0 Å². The number of nitrogens with zero attached hydrogens (tertiary/aromatic N) is 3. The topological polar surface area (TPSA) is 138 Å². The molecule has 0 bridgehead atoms. The van der Waals surface area contributed by atoms with E-state index in [1.165, 1.54) is 6.07 Å². The van der Waals surface area contributed by atoms with Gasteiger partial charge in [0.05, 0.1) is 22.0 Å². The molecule has 5 rings (SSSR count). The number of nitrogens with one attached hydrogen (secondary N) is 1. The molecular weight excluding hydrogens is 480 g/mol. The van der Waals surface area contributed by atoms with Gasteiger partial charge >= 0.3 is 11.4 Å². The Bertz CT molecular complexity index is 1630. The molecule has 0 radical (unpaired) electrons. The van der Waals surface area contributed by atoms with E-state index in [2.05, 4.69) is 10.1 Å². The molecule has 1 aromatic heterocycles. The average Bonchev–Trinajstić information content (AvgIpc) is 3.31. The van der Waals surface area contributed by atoms with Crippen molar-refractivity contribution in [3.8, 4) is 17.2 Å². The van der Waals surface area contributed by atoms with Gasteiger partial charge in [-0.25, -0.2) is 4.79 Å². The van der Waals surface area contributed by atoms with E-state index in [1.54, 1.807) is 42.5 Å². The molecule has 0 unspecified atom stereocenters. The summed E-state index contributed by atoms with van der Waals surface area (Å²) < 4.78 is 17.0. The Hall–Kier alpha value is -4.64. The number of aromatic nitrogens is 2. The third kappa shape index (κ3) is 4.32. The van der Waals surface area contributed by atoms with Crippen molar-refractivity contribution in [3.05, 3.63) is 102 Å². The minimum atomic E-state index is -0.774. The van der Waals surface area contributed by atoms with Crippen molar-refractivity contribution in [1.82, 2.24) is 9.66 Å². The summed E-state index contributed by atoms with van der Waals surface area (Å²) in [7, 11) is 0. The molecule has 0 spiro atoms. The lowest BCUT2D eigenvalue weighted by Crippen LogP contribution is -2.32. The van der Waals surface area contributed by atoms with E-state index in [0.717, 1.165) is 12.3 Å². The quantitative estimate of drug-likeness (QED) is 0.246. The molecule has 1 aliphatic rings. The Balaban J connectivity index is 1.53. The van der Waals surface area contributed by atoms with E-state index >= 15 is 0 Å². The molecule has 3 aromatic carbocycles. The van der Waals surface area contributed by atoms with Gasteiger partial charge in [-0.05, 0) is 35.9 Å². The molecule has 0 amide bonds. The molecule has 0 saturated heterocycles. The van der Waals surface area contributed by atoms with E-state index in [4.69, 9.17) is 25.8 Å². The van der Waals surface area contributed by atoms with Crippen LogP contribution in [0.15, 0.2) is 69.3 Å². The molecule has 1 aliphatic heterocycles. The van der Waals surface area contributed by atoms with Crippen molar-refractivity contribution in [3.63, 3.8) is 0 Å². The Kier molecular flexibility index (Phi) is 5.67. The number of halogens is 1. The lowest BCUT2D eigenvalue weighted by atomic mass is 10.1. The van der Waals surface area contributed by atoms with Crippen LogP contribution in [0.4, 0.5) is 5.69 Å².